The average Bonchev–Trinajstić information content (AvgIpc) is 2.93. The fraction of sp³-hybridized carbons (Fsp3) is 0.500. The molecule has 3 rings (SSSR count). The fourth-order valence-corrected chi connectivity index (χ4v) is 4.01. The van der Waals surface area contributed by atoms with Crippen LogP contribution in [0, 0.1) is 6.92 Å². The summed E-state index contributed by atoms with van der Waals surface area (Å²) in [5.74, 6) is 1.05. The van der Waals surface area contributed by atoms with E-state index in [1.54, 1.807) is 43.7 Å². The van der Waals surface area contributed by atoms with Crippen LogP contribution in [0.1, 0.15) is 47.7 Å². The third-order valence-electron chi connectivity index (χ3n) is 6.03. The van der Waals surface area contributed by atoms with E-state index in [4.69, 9.17) is 9.47 Å². The minimum atomic E-state index is -0.764. The molecule has 1 aliphatic rings. The molecule has 0 bridgehead atoms. The SMILES string of the molecule is COc1ccc(CCn2ccc(C)c(C(=O)N3CCCC(C)(O)CC3)c2=O)cc1OC. The van der Waals surface area contributed by atoms with Crippen molar-refractivity contribution in [3.8, 4) is 11.5 Å². The summed E-state index contributed by atoms with van der Waals surface area (Å²) in [5.41, 5.74) is 0.861. The van der Waals surface area contributed by atoms with E-state index < -0.39 is 5.60 Å². The molecular formula is C24H32N2O5. The summed E-state index contributed by atoms with van der Waals surface area (Å²) < 4.78 is 12.2. The van der Waals surface area contributed by atoms with Crippen molar-refractivity contribution < 1.29 is 19.4 Å². The molecule has 1 N–H and O–H groups in total. The van der Waals surface area contributed by atoms with Gasteiger partial charge in [-0.05, 0) is 68.9 Å². The predicted octanol–water partition coefficient (Wildman–Crippen LogP) is 2.79. The molecule has 2 heterocycles. The zero-order chi connectivity index (χ0) is 22.6. The number of pyridine rings is 1. The maximum atomic E-state index is 13.2. The Kier molecular flexibility index (Phi) is 7.05. The second-order valence-corrected chi connectivity index (χ2v) is 8.45. The van der Waals surface area contributed by atoms with Crippen LogP contribution in [0.5, 0.6) is 11.5 Å². The van der Waals surface area contributed by atoms with E-state index in [-0.39, 0.29) is 17.0 Å². The monoisotopic (exact) mass is 428 g/mol. The molecule has 1 aliphatic heterocycles. The zero-order valence-corrected chi connectivity index (χ0v) is 18.8. The summed E-state index contributed by atoms with van der Waals surface area (Å²) >= 11 is 0. The van der Waals surface area contributed by atoms with E-state index in [0.717, 1.165) is 12.0 Å². The lowest BCUT2D eigenvalue weighted by molar-refractivity contribution is 0.0437. The highest BCUT2D eigenvalue weighted by atomic mass is 16.5. The van der Waals surface area contributed by atoms with Gasteiger partial charge in [-0.2, -0.15) is 0 Å². The quantitative estimate of drug-likeness (QED) is 0.765. The average molecular weight is 429 g/mol. The van der Waals surface area contributed by atoms with Crippen LogP contribution in [-0.4, -0.2) is 53.4 Å². The third kappa shape index (κ3) is 5.28. The van der Waals surface area contributed by atoms with Crippen molar-refractivity contribution in [1.29, 1.82) is 0 Å². The van der Waals surface area contributed by atoms with Gasteiger partial charge in [-0.25, -0.2) is 0 Å². The number of aromatic nitrogens is 1. The lowest BCUT2D eigenvalue weighted by Crippen LogP contribution is -2.38. The smallest absolute Gasteiger partial charge is 0.263 e. The van der Waals surface area contributed by atoms with Crippen LogP contribution in [0.2, 0.25) is 0 Å². The topological polar surface area (TPSA) is 81.0 Å². The first-order chi connectivity index (χ1) is 14.8. The first kappa shape index (κ1) is 22.9. The summed E-state index contributed by atoms with van der Waals surface area (Å²) in [7, 11) is 3.18. The summed E-state index contributed by atoms with van der Waals surface area (Å²) in [5, 5.41) is 10.3. The molecule has 0 radical (unpaired) electrons. The molecular weight excluding hydrogens is 396 g/mol. The lowest BCUT2D eigenvalue weighted by atomic mass is 9.98. The molecule has 0 saturated carbocycles. The van der Waals surface area contributed by atoms with E-state index >= 15 is 0 Å². The van der Waals surface area contributed by atoms with Gasteiger partial charge in [0.25, 0.3) is 11.5 Å². The molecule has 2 aromatic rings. The number of hydrogen-bond donors (Lipinski definition) is 1. The summed E-state index contributed by atoms with van der Waals surface area (Å²) in [4.78, 5) is 28.0. The second-order valence-electron chi connectivity index (χ2n) is 8.45. The highest BCUT2D eigenvalue weighted by Gasteiger charge is 2.29. The number of carbonyl (C=O) groups is 1. The van der Waals surface area contributed by atoms with Crippen LogP contribution in [0.3, 0.4) is 0 Å². The number of benzene rings is 1. The van der Waals surface area contributed by atoms with Crippen molar-refractivity contribution in [3.05, 3.63) is 57.5 Å². The molecule has 1 saturated heterocycles. The minimum absolute atomic E-state index is 0.219. The van der Waals surface area contributed by atoms with E-state index in [1.807, 2.05) is 24.3 Å². The number of ether oxygens (including phenoxy) is 2. The fourth-order valence-electron chi connectivity index (χ4n) is 4.01. The number of nitrogens with zero attached hydrogens (tertiary/aromatic N) is 2. The van der Waals surface area contributed by atoms with Gasteiger partial charge >= 0.3 is 0 Å². The van der Waals surface area contributed by atoms with Crippen LogP contribution in [-0.2, 0) is 13.0 Å². The van der Waals surface area contributed by atoms with Crippen molar-refractivity contribution in [2.45, 2.75) is 51.7 Å². The summed E-state index contributed by atoms with van der Waals surface area (Å²) in [6.07, 6.45) is 4.24. The molecule has 1 aromatic carbocycles. The molecule has 0 aliphatic carbocycles. The van der Waals surface area contributed by atoms with Crippen LogP contribution < -0.4 is 15.0 Å². The molecule has 0 spiro atoms. The van der Waals surface area contributed by atoms with Crippen LogP contribution in [0.25, 0.3) is 0 Å². The Morgan fingerprint density at radius 2 is 1.87 bits per heavy atom. The lowest BCUT2D eigenvalue weighted by Gasteiger charge is -2.23. The molecule has 1 fully saturated rings. The maximum Gasteiger partial charge on any atom is 0.263 e. The van der Waals surface area contributed by atoms with Gasteiger partial charge in [0.2, 0.25) is 0 Å². The van der Waals surface area contributed by atoms with Gasteiger partial charge in [-0.1, -0.05) is 6.07 Å². The Balaban J connectivity index is 1.79. The number of likely N-dealkylation sites (tertiary alicyclic amines) is 1. The first-order valence-corrected chi connectivity index (χ1v) is 10.7. The number of amides is 1. The van der Waals surface area contributed by atoms with Gasteiger partial charge in [-0.15, -0.1) is 0 Å². The minimum Gasteiger partial charge on any atom is -0.493 e. The number of aryl methyl sites for hydroxylation is 3. The number of methoxy groups -OCH3 is 2. The Morgan fingerprint density at radius 1 is 1.13 bits per heavy atom. The molecule has 7 nitrogen and oxygen atoms in total. The van der Waals surface area contributed by atoms with Crippen LogP contribution >= 0.6 is 0 Å². The van der Waals surface area contributed by atoms with Gasteiger partial charge in [0.1, 0.15) is 5.56 Å². The number of carbonyl (C=O) groups excluding carboxylic acids is 1. The predicted molar refractivity (Wildman–Crippen MR) is 119 cm³/mol. The van der Waals surface area contributed by atoms with Crippen molar-refractivity contribution in [2.24, 2.45) is 0 Å². The van der Waals surface area contributed by atoms with Crippen molar-refractivity contribution in [3.63, 3.8) is 0 Å². The van der Waals surface area contributed by atoms with E-state index in [9.17, 15) is 14.7 Å². The first-order valence-electron chi connectivity index (χ1n) is 10.7. The summed E-state index contributed by atoms with van der Waals surface area (Å²) in [6.45, 7) is 5.04. The normalized spacial score (nSPS) is 19.1. The van der Waals surface area contributed by atoms with Crippen molar-refractivity contribution >= 4 is 5.91 Å². The molecule has 1 atom stereocenters. The van der Waals surface area contributed by atoms with Crippen molar-refractivity contribution in [2.75, 3.05) is 27.3 Å². The Hall–Kier alpha value is -2.80. The molecule has 31 heavy (non-hydrogen) atoms. The van der Waals surface area contributed by atoms with Gasteiger partial charge in [0.05, 0.1) is 19.8 Å². The van der Waals surface area contributed by atoms with Gasteiger partial charge in [-0.3, -0.25) is 9.59 Å². The highest BCUT2D eigenvalue weighted by molar-refractivity contribution is 5.95. The number of aliphatic hydroxyl groups is 1. The van der Waals surface area contributed by atoms with Crippen LogP contribution in [0.15, 0.2) is 35.3 Å². The van der Waals surface area contributed by atoms with Gasteiger partial charge < -0.3 is 24.0 Å². The molecule has 1 aromatic heterocycles. The Labute approximate surface area is 183 Å². The van der Waals surface area contributed by atoms with Crippen molar-refractivity contribution in [1.82, 2.24) is 9.47 Å². The summed E-state index contributed by atoms with van der Waals surface area (Å²) in [6, 6.07) is 7.50. The van der Waals surface area contributed by atoms with Crippen LogP contribution in [0.4, 0.5) is 0 Å². The zero-order valence-electron chi connectivity index (χ0n) is 18.8. The Morgan fingerprint density at radius 3 is 2.58 bits per heavy atom. The Bertz CT molecular complexity index is 996. The van der Waals surface area contributed by atoms with Gasteiger partial charge in [0.15, 0.2) is 11.5 Å². The number of rotatable bonds is 6. The largest absolute Gasteiger partial charge is 0.493 e. The molecule has 7 heteroatoms. The van der Waals surface area contributed by atoms with E-state index in [0.29, 0.717) is 56.0 Å². The standard InChI is InChI=1S/C24H32N2O5/c1-17-8-13-26(14-9-18-6-7-19(30-3)20(16-18)31-4)23(28)21(17)22(27)25-12-5-10-24(2,29)11-15-25/h6-8,13,16,29H,5,9-12,14-15H2,1-4H3. The molecule has 1 amide bonds. The van der Waals surface area contributed by atoms with E-state index in [2.05, 4.69) is 0 Å². The third-order valence-corrected chi connectivity index (χ3v) is 6.03. The van der Waals surface area contributed by atoms with Gasteiger partial charge in [0, 0.05) is 25.8 Å². The van der Waals surface area contributed by atoms with E-state index in [1.165, 1.54) is 0 Å². The second kappa shape index (κ2) is 9.56. The molecule has 1 unspecified atom stereocenters. The maximum absolute atomic E-state index is 13.2. The molecule has 168 valence electrons. The highest BCUT2D eigenvalue weighted by Crippen LogP contribution is 2.28. The number of hydrogen-bond acceptors (Lipinski definition) is 5.